The summed E-state index contributed by atoms with van der Waals surface area (Å²) in [6.45, 7) is 0.276. The average Bonchev–Trinajstić information content (AvgIpc) is 2.75. The minimum Gasteiger partial charge on any atom is -0.283 e. The van der Waals surface area contributed by atoms with Crippen molar-refractivity contribution in [2.45, 2.75) is 13.2 Å². The van der Waals surface area contributed by atoms with Crippen LogP contribution in [0.3, 0.4) is 0 Å². The first-order chi connectivity index (χ1) is 14.8. The maximum absolute atomic E-state index is 13.8. The highest BCUT2D eigenvalue weighted by Gasteiger charge is 2.15. The molecule has 0 aliphatic heterocycles. The zero-order valence-electron chi connectivity index (χ0n) is 16.4. The van der Waals surface area contributed by atoms with Crippen molar-refractivity contribution in [3.8, 4) is 11.3 Å². The van der Waals surface area contributed by atoms with E-state index in [2.05, 4.69) is 5.10 Å². The summed E-state index contributed by atoms with van der Waals surface area (Å²) in [7, 11) is 1.70. The van der Waals surface area contributed by atoms with E-state index in [1.165, 1.54) is 16.8 Å². The molecule has 4 nitrogen and oxygen atoms in total. The summed E-state index contributed by atoms with van der Waals surface area (Å²) in [6, 6.07) is 13.8. The lowest BCUT2D eigenvalue weighted by molar-refractivity contribution is 0.241. The van der Waals surface area contributed by atoms with Crippen molar-refractivity contribution in [1.82, 2.24) is 14.7 Å². The molecule has 31 heavy (non-hydrogen) atoms. The summed E-state index contributed by atoms with van der Waals surface area (Å²) in [5.41, 5.74) is 0.817. The molecule has 4 rings (SSSR count). The van der Waals surface area contributed by atoms with Crippen molar-refractivity contribution < 1.29 is 17.6 Å². The third kappa shape index (κ3) is 4.20. The topological polar surface area (TPSA) is 38.1 Å². The van der Waals surface area contributed by atoms with Gasteiger partial charge in [-0.2, -0.15) is 5.10 Å². The molecule has 1 aromatic heterocycles. The average molecular weight is 427 g/mol. The first-order valence-electron chi connectivity index (χ1n) is 9.41. The number of benzene rings is 3. The Morgan fingerprint density at radius 2 is 1.48 bits per heavy atom. The third-order valence-electron chi connectivity index (χ3n) is 4.87. The summed E-state index contributed by atoms with van der Waals surface area (Å²) >= 11 is 0. The number of nitrogens with zero attached hydrogens (tertiary/aromatic N) is 3. The third-order valence-corrected chi connectivity index (χ3v) is 4.87. The van der Waals surface area contributed by atoms with Gasteiger partial charge in [0.1, 0.15) is 0 Å². The van der Waals surface area contributed by atoms with Gasteiger partial charge >= 0.3 is 0 Å². The SMILES string of the molecule is CN(Cc1ccc(F)c(F)c1)Cn1nc(-c2ccc(F)c(F)c2)c2ccccc2c1=O. The maximum Gasteiger partial charge on any atom is 0.275 e. The van der Waals surface area contributed by atoms with E-state index in [-0.39, 0.29) is 18.8 Å². The Kier molecular flexibility index (Phi) is 5.56. The minimum absolute atomic E-state index is 0.0410. The van der Waals surface area contributed by atoms with Gasteiger partial charge in [-0.1, -0.05) is 24.3 Å². The molecule has 1 heterocycles. The molecule has 0 spiro atoms. The van der Waals surface area contributed by atoms with Crippen LogP contribution in [0.5, 0.6) is 0 Å². The van der Waals surface area contributed by atoms with Crippen molar-refractivity contribution >= 4 is 10.8 Å². The maximum atomic E-state index is 13.8. The van der Waals surface area contributed by atoms with Crippen molar-refractivity contribution in [2.75, 3.05) is 7.05 Å². The predicted molar refractivity (Wildman–Crippen MR) is 109 cm³/mol. The molecule has 0 unspecified atom stereocenters. The van der Waals surface area contributed by atoms with Crippen molar-refractivity contribution in [3.63, 3.8) is 0 Å². The zero-order chi connectivity index (χ0) is 22.1. The molecule has 0 aliphatic carbocycles. The second kappa shape index (κ2) is 8.31. The molecule has 0 radical (unpaired) electrons. The highest BCUT2D eigenvalue weighted by atomic mass is 19.2. The Morgan fingerprint density at radius 3 is 2.16 bits per heavy atom. The second-order valence-corrected chi connectivity index (χ2v) is 7.23. The molecule has 0 bridgehead atoms. The van der Waals surface area contributed by atoms with Gasteiger partial charge in [0.2, 0.25) is 0 Å². The van der Waals surface area contributed by atoms with E-state index in [9.17, 15) is 22.4 Å². The van der Waals surface area contributed by atoms with E-state index in [0.29, 0.717) is 27.6 Å². The number of fused-ring (bicyclic) bond motifs is 1. The molecule has 0 N–H and O–H groups in total. The van der Waals surface area contributed by atoms with Gasteiger partial charge in [-0.25, -0.2) is 22.2 Å². The normalized spacial score (nSPS) is 11.4. The van der Waals surface area contributed by atoms with Crippen LogP contribution in [0.1, 0.15) is 5.56 Å². The van der Waals surface area contributed by atoms with E-state index >= 15 is 0 Å². The Morgan fingerprint density at radius 1 is 0.839 bits per heavy atom. The van der Waals surface area contributed by atoms with Crippen LogP contribution >= 0.6 is 0 Å². The molecule has 3 aromatic carbocycles. The molecule has 8 heteroatoms. The zero-order valence-corrected chi connectivity index (χ0v) is 16.4. The first kappa shape index (κ1) is 20.7. The van der Waals surface area contributed by atoms with Crippen molar-refractivity contribution in [2.24, 2.45) is 0 Å². The fourth-order valence-corrected chi connectivity index (χ4v) is 3.42. The number of aromatic nitrogens is 2. The van der Waals surface area contributed by atoms with Gasteiger partial charge in [0.05, 0.1) is 17.7 Å². The van der Waals surface area contributed by atoms with Crippen LogP contribution in [0.25, 0.3) is 22.0 Å². The van der Waals surface area contributed by atoms with Crippen molar-refractivity contribution in [3.05, 3.63) is 99.8 Å². The number of hydrogen-bond donors (Lipinski definition) is 0. The Bertz CT molecular complexity index is 1340. The molecule has 0 saturated heterocycles. The molecule has 158 valence electrons. The lowest BCUT2D eigenvalue weighted by atomic mass is 10.0. The summed E-state index contributed by atoms with van der Waals surface area (Å²) in [4.78, 5) is 14.6. The smallest absolute Gasteiger partial charge is 0.275 e. The molecule has 0 saturated carbocycles. The van der Waals surface area contributed by atoms with Gasteiger partial charge in [-0.15, -0.1) is 0 Å². The van der Waals surface area contributed by atoms with Crippen LogP contribution in [0, 0.1) is 23.3 Å². The van der Waals surface area contributed by atoms with Gasteiger partial charge in [-0.05, 0) is 49.0 Å². The fourth-order valence-electron chi connectivity index (χ4n) is 3.42. The van der Waals surface area contributed by atoms with E-state index in [1.807, 2.05) is 0 Å². The number of halogens is 4. The second-order valence-electron chi connectivity index (χ2n) is 7.23. The summed E-state index contributed by atoms with van der Waals surface area (Å²) < 4.78 is 55.1. The number of hydrogen-bond acceptors (Lipinski definition) is 3. The predicted octanol–water partition coefficient (Wildman–Crippen LogP) is 4.71. The van der Waals surface area contributed by atoms with Crippen LogP contribution < -0.4 is 5.56 Å². The quantitative estimate of drug-likeness (QED) is 0.433. The molecular formula is C23H17F4N3O. The van der Waals surface area contributed by atoms with Gasteiger partial charge in [0.15, 0.2) is 23.3 Å². The van der Waals surface area contributed by atoms with Gasteiger partial charge in [0.25, 0.3) is 5.56 Å². The van der Waals surface area contributed by atoms with Crippen LogP contribution in [-0.4, -0.2) is 21.7 Å². The van der Waals surface area contributed by atoms with E-state index in [0.717, 1.165) is 24.3 Å². The minimum atomic E-state index is -1.02. The van der Waals surface area contributed by atoms with Crippen LogP contribution in [0.2, 0.25) is 0 Å². The molecule has 4 aromatic rings. The summed E-state index contributed by atoms with van der Waals surface area (Å²) in [5.74, 6) is -3.88. The Balaban J connectivity index is 1.73. The molecule has 0 atom stereocenters. The summed E-state index contributed by atoms with van der Waals surface area (Å²) in [5, 5.41) is 5.28. The van der Waals surface area contributed by atoms with Crippen LogP contribution in [0.15, 0.2) is 65.5 Å². The molecule has 0 fully saturated rings. The fraction of sp³-hybridized carbons (Fsp3) is 0.130. The largest absolute Gasteiger partial charge is 0.283 e. The Hall–Kier alpha value is -3.52. The van der Waals surface area contributed by atoms with Crippen LogP contribution in [-0.2, 0) is 13.2 Å². The highest BCUT2D eigenvalue weighted by molar-refractivity contribution is 5.93. The Labute approximate surface area is 175 Å². The molecule has 0 amide bonds. The van der Waals surface area contributed by atoms with E-state index < -0.39 is 23.3 Å². The van der Waals surface area contributed by atoms with Gasteiger partial charge in [-0.3, -0.25) is 9.69 Å². The molecular weight excluding hydrogens is 410 g/mol. The highest BCUT2D eigenvalue weighted by Crippen LogP contribution is 2.26. The summed E-state index contributed by atoms with van der Waals surface area (Å²) in [6.07, 6.45) is 0. The van der Waals surface area contributed by atoms with Gasteiger partial charge in [0, 0.05) is 17.5 Å². The van der Waals surface area contributed by atoms with Crippen molar-refractivity contribution in [1.29, 1.82) is 0 Å². The van der Waals surface area contributed by atoms with E-state index in [1.54, 1.807) is 36.2 Å². The lowest BCUT2D eigenvalue weighted by Crippen LogP contribution is -2.32. The first-order valence-corrected chi connectivity index (χ1v) is 9.41. The number of rotatable bonds is 5. The monoisotopic (exact) mass is 427 g/mol. The van der Waals surface area contributed by atoms with Crippen LogP contribution in [0.4, 0.5) is 17.6 Å². The standard InChI is InChI=1S/C23H17F4N3O/c1-29(12-14-6-8-18(24)20(26)10-14)13-30-23(31)17-5-3-2-4-16(17)22(28-30)15-7-9-19(25)21(27)11-15/h2-11H,12-13H2,1H3. The molecule has 0 aliphatic rings. The lowest BCUT2D eigenvalue weighted by Gasteiger charge is -2.19. The van der Waals surface area contributed by atoms with Gasteiger partial charge < -0.3 is 0 Å². The van der Waals surface area contributed by atoms with E-state index in [4.69, 9.17) is 0 Å².